The highest BCUT2D eigenvalue weighted by Crippen LogP contribution is 2.37. The Hall–Kier alpha value is -2.35. The molecule has 1 aromatic heterocycles. The minimum atomic E-state index is -0.0940. The first-order valence-electron chi connectivity index (χ1n) is 10.9. The number of aliphatic imine (C=N–C) groups is 1. The molecule has 0 spiro atoms. The number of carbonyl (C=O) groups is 1. The van der Waals surface area contributed by atoms with Gasteiger partial charge in [-0.3, -0.25) is 9.79 Å². The zero-order valence-electron chi connectivity index (χ0n) is 18.4. The quantitative estimate of drug-likeness (QED) is 0.352. The first-order chi connectivity index (χ1) is 14.9. The second kappa shape index (κ2) is 10.8. The van der Waals surface area contributed by atoms with Crippen molar-refractivity contribution in [2.24, 2.45) is 16.5 Å². The van der Waals surface area contributed by atoms with E-state index < -0.39 is 0 Å². The molecule has 0 unspecified atom stereocenters. The second-order valence-electron chi connectivity index (χ2n) is 8.19. The number of nitrogens with one attached hydrogen (secondary N) is 2. The van der Waals surface area contributed by atoms with E-state index in [9.17, 15) is 4.79 Å². The fraction of sp³-hybridized carbons (Fsp3) is 0.478. The zero-order valence-corrected chi connectivity index (χ0v) is 19.2. The summed E-state index contributed by atoms with van der Waals surface area (Å²) in [4.78, 5) is 21.9. The Labute approximate surface area is 188 Å². The molecule has 0 radical (unpaired) electrons. The van der Waals surface area contributed by atoms with Crippen molar-refractivity contribution >= 4 is 40.3 Å². The number of aryl methyl sites for hydroxylation is 1. The number of benzene rings is 1. The topological polar surface area (TPSA) is 113 Å². The van der Waals surface area contributed by atoms with Crippen molar-refractivity contribution in [2.75, 3.05) is 33.2 Å². The number of H-pyrrole nitrogens is 1. The summed E-state index contributed by atoms with van der Waals surface area (Å²) < 4.78 is 0. The van der Waals surface area contributed by atoms with Crippen molar-refractivity contribution in [1.82, 2.24) is 15.2 Å². The number of hydrogen-bond acceptors (Lipinski definition) is 5. The molecular formula is C23H33ClN6O. The average molecular weight is 445 g/mol. The van der Waals surface area contributed by atoms with Gasteiger partial charge in [-0.15, -0.1) is 0 Å². The lowest BCUT2D eigenvalue weighted by Gasteiger charge is -2.23. The number of hydrogen-bond donors (Lipinski definition) is 4. The molecule has 6 N–H and O–H groups in total. The number of halogens is 1. The van der Waals surface area contributed by atoms with Gasteiger partial charge in [0.2, 0.25) is 5.91 Å². The largest absolute Gasteiger partial charge is 0.398 e. The van der Waals surface area contributed by atoms with E-state index in [4.69, 9.17) is 23.1 Å². The maximum Gasteiger partial charge on any atom is 0.241 e. The number of unbranched alkanes of at least 4 members (excludes halogenated alkanes) is 2. The molecule has 0 atom stereocenters. The van der Waals surface area contributed by atoms with Crippen molar-refractivity contribution < 1.29 is 4.79 Å². The van der Waals surface area contributed by atoms with Gasteiger partial charge in [-0.2, -0.15) is 0 Å². The average Bonchev–Trinajstić information content (AvgIpc) is 3.12. The van der Waals surface area contributed by atoms with Gasteiger partial charge in [-0.1, -0.05) is 18.0 Å². The Morgan fingerprint density at radius 1 is 1.39 bits per heavy atom. The van der Waals surface area contributed by atoms with E-state index >= 15 is 0 Å². The Balaban J connectivity index is 1.73. The summed E-state index contributed by atoms with van der Waals surface area (Å²) in [7, 11) is 2.12. The van der Waals surface area contributed by atoms with E-state index in [0.29, 0.717) is 18.8 Å². The van der Waals surface area contributed by atoms with E-state index in [-0.39, 0.29) is 12.5 Å². The van der Waals surface area contributed by atoms with E-state index in [2.05, 4.69) is 27.2 Å². The van der Waals surface area contributed by atoms with Gasteiger partial charge in [0, 0.05) is 54.6 Å². The summed E-state index contributed by atoms with van der Waals surface area (Å²) in [5.41, 5.74) is 17.8. The number of nitrogens with two attached hydrogens (primary N) is 2. The fourth-order valence-electron chi connectivity index (χ4n) is 3.96. The van der Waals surface area contributed by atoms with Gasteiger partial charge in [0.25, 0.3) is 0 Å². The van der Waals surface area contributed by atoms with Crippen molar-refractivity contribution in [3.63, 3.8) is 0 Å². The Bertz CT molecular complexity index is 994. The van der Waals surface area contributed by atoms with Crippen LogP contribution in [0.15, 0.2) is 17.1 Å². The van der Waals surface area contributed by atoms with Crippen LogP contribution in [0.1, 0.15) is 41.6 Å². The number of carbonyl (C=O) groups excluding carboxylic acids is 1. The molecule has 168 valence electrons. The van der Waals surface area contributed by atoms with Gasteiger partial charge in [0.15, 0.2) is 0 Å². The predicted octanol–water partition coefficient (Wildman–Crippen LogP) is 2.73. The number of rotatable bonds is 9. The third kappa shape index (κ3) is 5.67. The molecule has 2 aromatic rings. The highest BCUT2D eigenvalue weighted by Gasteiger charge is 2.23. The third-order valence-corrected chi connectivity index (χ3v) is 6.15. The van der Waals surface area contributed by atoms with Gasteiger partial charge < -0.3 is 26.7 Å². The van der Waals surface area contributed by atoms with Crippen LogP contribution < -0.4 is 16.8 Å². The standard InChI is InChI=1S/C23H33ClN6O/c1-15-12-16(18(26)6-10-27-13-20(31)28-9-5-3-4-8-25)21-17-14-30(2)11-7-19(17)29-23(21)22(15)24/h6,10,12,29H,3-5,7-9,11,13-14,25-26H2,1-2H3,(H,28,31)/b18-6-,27-10?. The van der Waals surface area contributed by atoms with Crippen LogP contribution in [0, 0.1) is 6.92 Å². The summed E-state index contributed by atoms with van der Waals surface area (Å²) in [6, 6.07) is 2.03. The van der Waals surface area contributed by atoms with Crippen LogP contribution in [-0.2, 0) is 17.8 Å². The van der Waals surface area contributed by atoms with E-state index in [0.717, 1.165) is 65.8 Å². The summed E-state index contributed by atoms with van der Waals surface area (Å²) >= 11 is 6.61. The number of aromatic nitrogens is 1. The maximum absolute atomic E-state index is 11.9. The Morgan fingerprint density at radius 3 is 2.97 bits per heavy atom. The molecule has 0 saturated carbocycles. The number of likely N-dealkylation sites (N-methyl/N-ethyl adjacent to an activating group) is 1. The fourth-order valence-corrected chi connectivity index (χ4v) is 4.15. The van der Waals surface area contributed by atoms with Gasteiger partial charge in [-0.25, -0.2) is 0 Å². The number of fused-ring (bicyclic) bond motifs is 3. The van der Waals surface area contributed by atoms with Crippen molar-refractivity contribution in [3.8, 4) is 0 Å². The predicted molar refractivity (Wildman–Crippen MR) is 130 cm³/mol. The highest BCUT2D eigenvalue weighted by atomic mass is 35.5. The molecule has 3 rings (SSSR count). The normalized spacial score (nSPS) is 15.0. The van der Waals surface area contributed by atoms with Crippen LogP contribution in [0.4, 0.5) is 0 Å². The number of amides is 1. The van der Waals surface area contributed by atoms with Gasteiger partial charge >= 0.3 is 0 Å². The van der Waals surface area contributed by atoms with Crippen molar-refractivity contribution in [2.45, 2.75) is 39.2 Å². The molecule has 1 amide bonds. The van der Waals surface area contributed by atoms with E-state index in [1.54, 1.807) is 12.3 Å². The first-order valence-corrected chi connectivity index (χ1v) is 11.2. The minimum absolute atomic E-state index is 0.0834. The summed E-state index contributed by atoms with van der Waals surface area (Å²) in [6.07, 6.45) is 7.25. The molecule has 0 fully saturated rings. The molecule has 0 saturated heterocycles. The lowest BCUT2D eigenvalue weighted by Crippen LogP contribution is -2.26. The second-order valence-corrected chi connectivity index (χ2v) is 8.56. The molecule has 0 aliphatic carbocycles. The molecule has 7 nitrogen and oxygen atoms in total. The first kappa shape index (κ1) is 23.3. The summed E-state index contributed by atoms with van der Waals surface area (Å²) in [5, 5.41) is 4.68. The maximum atomic E-state index is 11.9. The number of allylic oxidation sites excluding steroid dienone is 1. The highest BCUT2D eigenvalue weighted by molar-refractivity contribution is 6.36. The van der Waals surface area contributed by atoms with Gasteiger partial charge in [0.05, 0.1) is 10.5 Å². The lowest BCUT2D eigenvalue weighted by molar-refractivity contribution is -0.119. The van der Waals surface area contributed by atoms with Crippen LogP contribution in [0.2, 0.25) is 5.02 Å². The SMILES string of the molecule is Cc1cc(/C(N)=C/C=NCC(=O)NCCCCCN)c2c3c([nH]c2c1Cl)CCN(C)C3. The number of nitrogens with zero attached hydrogens (tertiary/aromatic N) is 2. The van der Waals surface area contributed by atoms with Crippen LogP contribution in [0.25, 0.3) is 16.6 Å². The van der Waals surface area contributed by atoms with Crippen molar-refractivity contribution in [3.05, 3.63) is 39.5 Å². The van der Waals surface area contributed by atoms with Crippen LogP contribution in [0.3, 0.4) is 0 Å². The summed E-state index contributed by atoms with van der Waals surface area (Å²) in [6.45, 7) is 5.28. The van der Waals surface area contributed by atoms with Crippen LogP contribution >= 0.6 is 11.6 Å². The summed E-state index contributed by atoms with van der Waals surface area (Å²) in [5.74, 6) is -0.0940. The van der Waals surface area contributed by atoms with Crippen LogP contribution in [-0.4, -0.2) is 55.2 Å². The monoisotopic (exact) mass is 444 g/mol. The number of aromatic amines is 1. The van der Waals surface area contributed by atoms with Crippen molar-refractivity contribution in [1.29, 1.82) is 0 Å². The molecular weight excluding hydrogens is 412 g/mol. The van der Waals surface area contributed by atoms with Crippen LogP contribution in [0.5, 0.6) is 0 Å². The third-order valence-electron chi connectivity index (χ3n) is 5.67. The molecule has 1 aliphatic heterocycles. The van der Waals surface area contributed by atoms with E-state index in [1.165, 1.54) is 11.3 Å². The van der Waals surface area contributed by atoms with E-state index in [1.807, 2.05) is 13.0 Å². The molecule has 31 heavy (non-hydrogen) atoms. The van der Waals surface area contributed by atoms with Gasteiger partial charge in [0.1, 0.15) is 6.54 Å². The minimum Gasteiger partial charge on any atom is -0.398 e. The molecule has 1 aromatic carbocycles. The molecule has 2 heterocycles. The lowest BCUT2D eigenvalue weighted by atomic mass is 9.97. The molecule has 1 aliphatic rings. The molecule has 8 heteroatoms. The zero-order chi connectivity index (χ0) is 22.4. The van der Waals surface area contributed by atoms with Gasteiger partial charge in [-0.05, 0) is 56.6 Å². The Morgan fingerprint density at radius 2 is 2.19 bits per heavy atom. The molecule has 0 bridgehead atoms. The Kier molecular flexibility index (Phi) is 8.12. The smallest absolute Gasteiger partial charge is 0.241 e.